The number of piperazine rings is 1. The van der Waals surface area contributed by atoms with Crippen molar-refractivity contribution in [2.45, 2.75) is 19.4 Å². The Morgan fingerprint density at radius 2 is 2.00 bits per heavy atom. The third-order valence-corrected chi connectivity index (χ3v) is 5.92. The van der Waals surface area contributed by atoms with Crippen molar-refractivity contribution in [3.63, 3.8) is 0 Å². The summed E-state index contributed by atoms with van der Waals surface area (Å²) in [6.45, 7) is 7.99. The Morgan fingerprint density at radius 3 is 2.70 bits per heavy atom. The number of nitrogens with one attached hydrogen (secondary N) is 1. The van der Waals surface area contributed by atoms with Gasteiger partial charge in [0, 0.05) is 61.8 Å². The molecule has 1 aromatic heterocycles. The van der Waals surface area contributed by atoms with E-state index in [9.17, 15) is 4.79 Å². The molecule has 1 unspecified atom stereocenters. The zero-order chi connectivity index (χ0) is 17.2. The minimum Gasteiger partial charge on any atom is -0.337 e. The zero-order valence-corrected chi connectivity index (χ0v) is 17.8. The Balaban J connectivity index is 0.00000131. The molecular weight excluding hydrogens is 403 g/mol. The van der Waals surface area contributed by atoms with Gasteiger partial charge in [-0.25, -0.2) is 4.98 Å². The highest BCUT2D eigenvalue weighted by Crippen LogP contribution is 2.24. The van der Waals surface area contributed by atoms with E-state index < -0.39 is 0 Å². The maximum atomic E-state index is 12.9. The number of carbonyl (C=O) groups excluding carboxylic acids is 1. The van der Waals surface area contributed by atoms with E-state index in [1.54, 1.807) is 11.3 Å². The van der Waals surface area contributed by atoms with Crippen LogP contribution < -0.4 is 5.32 Å². The average molecular weight is 429 g/mol. The summed E-state index contributed by atoms with van der Waals surface area (Å²) < 4.78 is 0. The second kappa shape index (κ2) is 9.85. The van der Waals surface area contributed by atoms with E-state index in [2.05, 4.69) is 20.6 Å². The van der Waals surface area contributed by atoms with Gasteiger partial charge < -0.3 is 10.2 Å². The van der Waals surface area contributed by atoms with Crippen molar-refractivity contribution in [1.29, 1.82) is 0 Å². The van der Waals surface area contributed by atoms with Crippen LogP contribution in [0.25, 0.3) is 11.3 Å². The first kappa shape index (κ1) is 22.1. The van der Waals surface area contributed by atoms with E-state index in [0.29, 0.717) is 6.04 Å². The van der Waals surface area contributed by atoms with Crippen molar-refractivity contribution >= 4 is 42.1 Å². The number of likely N-dealkylation sites (tertiary alicyclic amines) is 1. The normalized spacial score (nSPS) is 20.0. The molecule has 1 atom stereocenters. The van der Waals surface area contributed by atoms with E-state index in [4.69, 9.17) is 0 Å². The summed E-state index contributed by atoms with van der Waals surface area (Å²) in [7, 11) is 0. The van der Waals surface area contributed by atoms with Crippen LogP contribution in [0.4, 0.5) is 0 Å². The SMILES string of the molecule is Cc1nc(-c2cccc(C(=O)N3CCC(N4CCNCC4)C3)c2)cs1.Cl.Cl. The van der Waals surface area contributed by atoms with Gasteiger partial charge in [0.2, 0.25) is 0 Å². The quantitative estimate of drug-likeness (QED) is 0.815. The second-order valence-electron chi connectivity index (χ2n) is 6.81. The molecule has 0 bridgehead atoms. The Kier molecular flexibility index (Phi) is 8.06. The van der Waals surface area contributed by atoms with Gasteiger partial charge in [-0.1, -0.05) is 12.1 Å². The lowest BCUT2D eigenvalue weighted by atomic mass is 10.1. The molecule has 2 aliphatic rings. The molecule has 2 aliphatic heterocycles. The maximum Gasteiger partial charge on any atom is 0.253 e. The standard InChI is InChI=1S/C19H24N4OS.2ClH/c1-14-21-18(13-25-14)15-3-2-4-16(11-15)19(24)23-8-5-17(12-23)22-9-6-20-7-10-22;;/h2-4,11,13,17,20H,5-10,12H2,1H3;2*1H. The molecule has 0 saturated carbocycles. The summed E-state index contributed by atoms with van der Waals surface area (Å²) in [5.41, 5.74) is 2.74. The van der Waals surface area contributed by atoms with Gasteiger partial charge in [0.1, 0.15) is 0 Å². The van der Waals surface area contributed by atoms with Crippen LogP contribution in [0.3, 0.4) is 0 Å². The molecule has 4 rings (SSSR count). The largest absolute Gasteiger partial charge is 0.337 e. The Morgan fingerprint density at radius 1 is 1.22 bits per heavy atom. The molecule has 1 amide bonds. The minimum atomic E-state index is 0. The number of halogens is 2. The van der Waals surface area contributed by atoms with Gasteiger partial charge in [-0.05, 0) is 25.5 Å². The molecule has 3 heterocycles. The monoisotopic (exact) mass is 428 g/mol. The van der Waals surface area contributed by atoms with E-state index in [1.807, 2.05) is 36.1 Å². The fourth-order valence-electron chi connectivity index (χ4n) is 3.76. The van der Waals surface area contributed by atoms with Gasteiger partial charge >= 0.3 is 0 Å². The smallest absolute Gasteiger partial charge is 0.253 e. The summed E-state index contributed by atoms with van der Waals surface area (Å²) in [5, 5.41) is 6.49. The maximum absolute atomic E-state index is 12.9. The predicted octanol–water partition coefficient (Wildman–Crippen LogP) is 3.08. The number of nitrogens with zero attached hydrogens (tertiary/aromatic N) is 3. The van der Waals surface area contributed by atoms with Crippen molar-refractivity contribution < 1.29 is 4.79 Å². The van der Waals surface area contributed by atoms with Crippen LogP contribution in [-0.4, -0.2) is 66.0 Å². The lowest BCUT2D eigenvalue weighted by molar-refractivity contribution is 0.0773. The third-order valence-electron chi connectivity index (χ3n) is 5.14. The second-order valence-corrected chi connectivity index (χ2v) is 7.87. The molecule has 0 radical (unpaired) electrons. The van der Waals surface area contributed by atoms with Crippen molar-refractivity contribution in [2.75, 3.05) is 39.3 Å². The van der Waals surface area contributed by atoms with Crippen molar-refractivity contribution in [3.05, 3.63) is 40.2 Å². The Bertz CT molecular complexity index is 764. The van der Waals surface area contributed by atoms with Crippen molar-refractivity contribution in [2.24, 2.45) is 0 Å². The molecule has 1 N–H and O–H groups in total. The predicted molar refractivity (Wildman–Crippen MR) is 116 cm³/mol. The van der Waals surface area contributed by atoms with E-state index in [1.165, 1.54) is 0 Å². The molecule has 2 aromatic rings. The molecule has 8 heteroatoms. The fourth-order valence-corrected chi connectivity index (χ4v) is 4.38. The Labute approximate surface area is 177 Å². The van der Waals surface area contributed by atoms with Gasteiger partial charge in [-0.2, -0.15) is 0 Å². The lowest BCUT2D eigenvalue weighted by Gasteiger charge is -2.32. The van der Waals surface area contributed by atoms with Gasteiger partial charge in [0.05, 0.1) is 10.7 Å². The van der Waals surface area contributed by atoms with E-state index in [-0.39, 0.29) is 30.7 Å². The van der Waals surface area contributed by atoms with E-state index >= 15 is 0 Å². The molecule has 2 fully saturated rings. The molecule has 0 aliphatic carbocycles. The van der Waals surface area contributed by atoms with Crippen LogP contribution >= 0.6 is 36.2 Å². The summed E-state index contributed by atoms with van der Waals surface area (Å²) >= 11 is 1.64. The van der Waals surface area contributed by atoms with Crippen LogP contribution in [0.1, 0.15) is 21.8 Å². The summed E-state index contributed by atoms with van der Waals surface area (Å²) in [5.74, 6) is 0.145. The van der Waals surface area contributed by atoms with Crippen LogP contribution in [-0.2, 0) is 0 Å². The molecule has 27 heavy (non-hydrogen) atoms. The number of benzene rings is 1. The number of aryl methyl sites for hydroxylation is 1. The van der Waals surface area contributed by atoms with Gasteiger partial charge in [-0.3, -0.25) is 9.69 Å². The fraction of sp³-hybridized carbons (Fsp3) is 0.474. The average Bonchev–Trinajstić information content (AvgIpc) is 3.31. The highest BCUT2D eigenvalue weighted by atomic mass is 35.5. The summed E-state index contributed by atoms with van der Waals surface area (Å²) in [6.07, 6.45) is 1.08. The molecule has 148 valence electrons. The zero-order valence-electron chi connectivity index (χ0n) is 15.4. The number of amides is 1. The molecule has 5 nitrogen and oxygen atoms in total. The van der Waals surface area contributed by atoms with Gasteiger partial charge in [0.15, 0.2) is 0 Å². The molecule has 0 spiro atoms. The topological polar surface area (TPSA) is 48.5 Å². The summed E-state index contributed by atoms with van der Waals surface area (Å²) in [4.78, 5) is 22.0. The molecule has 2 saturated heterocycles. The number of thiazole rings is 1. The number of hydrogen-bond acceptors (Lipinski definition) is 5. The van der Waals surface area contributed by atoms with Gasteiger partial charge in [0.25, 0.3) is 5.91 Å². The first-order valence-electron chi connectivity index (χ1n) is 8.97. The lowest BCUT2D eigenvalue weighted by Crippen LogP contribution is -2.49. The third kappa shape index (κ3) is 5.00. The van der Waals surface area contributed by atoms with Crippen LogP contribution in [0, 0.1) is 6.92 Å². The molecular formula is C19H26Cl2N4OS. The molecule has 1 aromatic carbocycles. The minimum absolute atomic E-state index is 0. The highest BCUT2D eigenvalue weighted by Gasteiger charge is 2.31. The summed E-state index contributed by atoms with van der Waals surface area (Å²) in [6, 6.07) is 8.40. The highest BCUT2D eigenvalue weighted by molar-refractivity contribution is 7.09. The van der Waals surface area contributed by atoms with Crippen LogP contribution in [0.15, 0.2) is 29.6 Å². The van der Waals surface area contributed by atoms with Crippen molar-refractivity contribution in [1.82, 2.24) is 20.1 Å². The number of rotatable bonds is 3. The first-order chi connectivity index (χ1) is 12.2. The Hall–Kier alpha value is -1.18. The number of carbonyl (C=O) groups is 1. The first-order valence-corrected chi connectivity index (χ1v) is 9.85. The number of hydrogen-bond donors (Lipinski definition) is 1. The van der Waals surface area contributed by atoms with Crippen molar-refractivity contribution in [3.8, 4) is 11.3 Å². The van der Waals surface area contributed by atoms with Crippen LogP contribution in [0.2, 0.25) is 0 Å². The number of aromatic nitrogens is 1. The van der Waals surface area contributed by atoms with Crippen LogP contribution in [0.5, 0.6) is 0 Å². The van der Waals surface area contributed by atoms with Gasteiger partial charge in [-0.15, -0.1) is 36.2 Å². The van der Waals surface area contributed by atoms with E-state index in [0.717, 1.165) is 67.5 Å².